The van der Waals surface area contributed by atoms with Gasteiger partial charge in [-0.2, -0.15) is 13.2 Å². The lowest BCUT2D eigenvalue weighted by atomic mass is 10.1. The molecule has 0 amide bonds. The topological polar surface area (TPSA) is 18.5 Å². The van der Waals surface area contributed by atoms with Crippen molar-refractivity contribution in [1.82, 2.24) is 0 Å². The van der Waals surface area contributed by atoms with E-state index in [9.17, 15) is 13.2 Å². The van der Waals surface area contributed by atoms with Gasteiger partial charge in [0.25, 0.3) is 0 Å². The fourth-order valence-electron chi connectivity index (χ4n) is 1.25. The monoisotopic (exact) mass is 216 g/mol. The number of rotatable bonds is 1. The van der Waals surface area contributed by atoms with Crippen molar-refractivity contribution in [3.05, 3.63) is 30.3 Å². The number of ether oxygens (including phenoxy) is 2. The Bertz CT molecular complexity index is 410. The summed E-state index contributed by atoms with van der Waals surface area (Å²) < 4.78 is 46.9. The Morgan fingerprint density at radius 1 is 1.20 bits per heavy atom. The molecule has 0 fully saturated rings. The molecule has 0 bridgehead atoms. The van der Waals surface area contributed by atoms with Gasteiger partial charge in [-0.3, -0.25) is 0 Å². The Morgan fingerprint density at radius 3 is 2.53 bits per heavy atom. The maximum Gasteiger partial charge on any atom is 0.416 e. The average molecular weight is 216 g/mol. The molecule has 0 spiro atoms. The third-order valence-electron chi connectivity index (χ3n) is 2.06. The van der Waals surface area contributed by atoms with Gasteiger partial charge in [-0.1, -0.05) is 12.6 Å². The van der Waals surface area contributed by atoms with E-state index in [1.807, 2.05) is 0 Å². The van der Waals surface area contributed by atoms with Crippen LogP contribution in [0.2, 0.25) is 0 Å². The zero-order chi connectivity index (χ0) is 11.1. The summed E-state index contributed by atoms with van der Waals surface area (Å²) in [5.74, 6) is 0.770. The summed E-state index contributed by atoms with van der Waals surface area (Å²) in [5.41, 5.74) is -0.896. The molecule has 2 rings (SSSR count). The van der Waals surface area contributed by atoms with E-state index in [0.717, 1.165) is 0 Å². The number of allylic oxidation sites excluding steroid dienone is 1. The first kappa shape index (κ1) is 9.89. The Balaban J connectivity index is 2.35. The van der Waals surface area contributed by atoms with E-state index >= 15 is 0 Å². The molecule has 0 aliphatic carbocycles. The molecular weight excluding hydrogens is 209 g/mol. The van der Waals surface area contributed by atoms with Crippen LogP contribution < -0.4 is 9.47 Å². The Kier molecular flexibility index (Phi) is 2.10. The number of hydrogen-bond acceptors (Lipinski definition) is 2. The molecule has 15 heavy (non-hydrogen) atoms. The summed E-state index contributed by atoms with van der Waals surface area (Å²) in [4.78, 5) is 0. The summed E-state index contributed by atoms with van der Waals surface area (Å²) >= 11 is 0. The van der Waals surface area contributed by atoms with Crippen LogP contribution in [0.15, 0.2) is 24.8 Å². The first-order valence-corrected chi connectivity index (χ1v) is 4.14. The van der Waals surface area contributed by atoms with Gasteiger partial charge >= 0.3 is 6.18 Å². The first-order chi connectivity index (χ1) is 6.98. The number of benzene rings is 1. The lowest BCUT2D eigenvalue weighted by molar-refractivity contribution is -0.0686. The second-order valence-electron chi connectivity index (χ2n) is 3.04. The molecule has 5 heteroatoms. The molecule has 1 heterocycles. The molecule has 0 unspecified atom stereocenters. The quantitative estimate of drug-likeness (QED) is 0.718. The molecule has 0 N–H and O–H groups in total. The summed E-state index contributed by atoms with van der Waals surface area (Å²) in [6, 6.07) is 4.02. The van der Waals surface area contributed by atoms with Crippen molar-refractivity contribution < 1.29 is 22.6 Å². The summed E-state index contributed by atoms with van der Waals surface area (Å²) in [6.07, 6.45) is -4.42. The van der Waals surface area contributed by atoms with Crippen LogP contribution in [-0.4, -0.2) is 13.0 Å². The van der Waals surface area contributed by atoms with E-state index in [1.165, 1.54) is 18.2 Å². The van der Waals surface area contributed by atoms with E-state index in [1.54, 1.807) is 0 Å². The lowest BCUT2D eigenvalue weighted by Gasteiger charge is -2.10. The van der Waals surface area contributed by atoms with E-state index in [2.05, 4.69) is 6.58 Å². The minimum atomic E-state index is -4.42. The third-order valence-corrected chi connectivity index (χ3v) is 2.06. The average Bonchev–Trinajstić information content (AvgIpc) is 2.61. The van der Waals surface area contributed by atoms with E-state index in [0.29, 0.717) is 11.5 Å². The van der Waals surface area contributed by atoms with E-state index in [4.69, 9.17) is 9.47 Å². The zero-order valence-electron chi connectivity index (χ0n) is 7.60. The second-order valence-corrected chi connectivity index (χ2v) is 3.04. The highest BCUT2D eigenvalue weighted by atomic mass is 19.4. The van der Waals surface area contributed by atoms with Crippen LogP contribution in [0.5, 0.6) is 11.5 Å². The van der Waals surface area contributed by atoms with Gasteiger partial charge in [-0.05, 0) is 17.7 Å². The predicted octanol–water partition coefficient (Wildman–Crippen LogP) is 2.99. The van der Waals surface area contributed by atoms with Crippen molar-refractivity contribution in [3.63, 3.8) is 0 Å². The molecule has 1 aromatic rings. The molecule has 1 aliphatic heterocycles. The number of halogens is 3. The lowest BCUT2D eigenvalue weighted by Crippen LogP contribution is -2.09. The van der Waals surface area contributed by atoms with Gasteiger partial charge < -0.3 is 9.47 Å². The van der Waals surface area contributed by atoms with Gasteiger partial charge in [-0.25, -0.2) is 0 Å². The molecule has 0 atom stereocenters. The highest BCUT2D eigenvalue weighted by molar-refractivity contribution is 5.69. The smallest absolute Gasteiger partial charge is 0.416 e. The highest BCUT2D eigenvalue weighted by Gasteiger charge is 2.33. The van der Waals surface area contributed by atoms with Crippen molar-refractivity contribution in [1.29, 1.82) is 0 Å². The van der Waals surface area contributed by atoms with Crippen LogP contribution >= 0.6 is 0 Å². The highest BCUT2D eigenvalue weighted by Crippen LogP contribution is 2.38. The van der Waals surface area contributed by atoms with Crippen LogP contribution in [0.3, 0.4) is 0 Å². The second kappa shape index (κ2) is 3.18. The van der Waals surface area contributed by atoms with Gasteiger partial charge in [0.1, 0.15) is 0 Å². The Hall–Kier alpha value is -1.65. The summed E-state index contributed by atoms with van der Waals surface area (Å²) in [7, 11) is 0. The van der Waals surface area contributed by atoms with Crippen LogP contribution in [0.1, 0.15) is 5.56 Å². The van der Waals surface area contributed by atoms with Gasteiger partial charge in [0.15, 0.2) is 11.5 Å². The number of fused-ring (bicyclic) bond motifs is 1. The van der Waals surface area contributed by atoms with Crippen LogP contribution in [0, 0.1) is 0 Å². The van der Waals surface area contributed by atoms with E-state index < -0.39 is 11.7 Å². The molecule has 1 aliphatic rings. The van der Waals surface area contributed by atoms with Crippen molar-refractivity contribution in [2.24, 2.45) is 0 Å². The minimum Gasteiger partial charge on any atom is -0.454 e. The normalized spacial score (nSPS) is 14.1. The fraction of sp³-hybridized carbons (Fsp3) is 0.200. The number of alkyl halides is 3. The molecule has 80 valence electrons. The van der Waals surface area contributed by atoms with Crippen molar-refractivity contribution >= 4 is 5.57 Å². The molecule has 0 saturated carbocycles. The molecule has 2 nitrogen and oxygen atoms in total. The van der Waals surface area contributed by atoms with Crippen molar-refractivity contribution in [3.8, 4) is 11.5 Å². The Morgan fingerprint density at radius 2 is 1.87 bits per heavy atom. The molecule has 1 aromatic carbocycles. The standard InChI is InChI=1S/C10H7F3O2/c1-6(10(11,12)13)7-2-3-8-9(4-7)15-5-14-8/h2-4H,1,5H2. The minimum absolute atomic E-state index is 0.00764. The van der Waals surface area contributed by atoms with Crippen LogP contribution in [-0.2, 0) is 0 Å². The molecular formula is C10H7F3O2. The SMILES string of the molecule is C=C(c1ccc2c(c1)OCO2)C(F)(F)F. The van der Waals surface area contributed by atoms with E-state index in [-0.39, 0.29) is 12.4 Å². The van der Waals surface area contributed by atoms with Gasteiger partial charge in [0.05, 0.1) is 5.57 Å². The zero-order valence-corrected chi connectivity index (χ0v) is 7.60. The van der Waals surface area contributed by atoms with Crippen LogP contribution in [0.25, 0.3) is 5.57 Å². The molecule has 0 saturated heterocycles. The van der Waals surface area contributed by atoms with Gasteiger partial charge in [0.2, 0.25) is 6.79 Å². The largest absolute Gasteiger partial charge is 0.454 e. The Labute approximate surface area is 83.9 Å². The van der Waals surface area contributed by atoms with Crippen LogP contribution in [0.4, 0.5) is 13.2 Å². The van der Waals surface area contributed by atoms with Crippen molar-refractivity contribution in [2.75, 3.05) is 6.79 Å². The number of hydrogen-bond donors (Lipinski definition) is 0. The maximum absolute atomic E-state index is 12.3. The van der Waals surface area contributed by atoms with Gasteiger partial charge in [0, 0.05) is 0 Å². The fourth-order valence-corrected chi connectivity index (χ4v) is 1.25. The molecule has 0 radical (unpaired) electrons. The van der Waals surface area contributed by atoms with Gasteiger partial charge in [-0.15, -0.1) is 0 Å². The first-order valence-electron chi connectivity index (χ1n) is 4.14. The summed E-state index contributed by atoms with van der Waals surface area (Å²) in [6.45, 7) is 3.04. The molecule has 0 aromatic heterocycles. The maximum atomic E-state index is 12.3. The third kappa shape index (κ3) is 1.77. The van der Waals surface area contributed by atoms with Crippen molar-refractivity contribution in [2.45, 2.75) is 6.18 Å². The predicted molar refractivity (Wildman–Crippen MR) is 47.7 cm³/mol. The summed E-state index contributed by atoms with van der Waals surface area (Å²) in [5, 5.41) is 0.